The van der Waals surface area contributed by atoms with Crippen LogP contribution in [0.25, 0.3) is 0 Å². The number of sulfonamides is 2. The van der Waals surface area contributed by atoms with Crippen molar-refractivity contribution in [2.45, 2.75) is 17.9 Å². The summed E-state index contributed by atoms with van der Waals surface area (Å²) < 4.78 is 50.3. The number of nitrogens with one attached hydrogen (secondary N) is 1. The second kappa shape index (κ2) is 6.84. The first-order valence-electron chi connectivity index (χ1n) is 6.24. The van der Waals surface area contributed by atoms with E-state index in [0.717, 1.165) is 4.31 Å². The predicted molar refractivity (Wildman–Crippen MR) is 79.7 cm³/mol. The third-order valence-electron chi connectivity index (χ3n) is 2.88. The molecule has 21 heavy (non-hydrogen) atoms. The smallest absolute Gasteiger partial charge is 0.240 e. The molecule has 0 fully saturated rings. The third-order valence-corrected chi connectivity index (χ3v) is 6.19. The minimum atomic E-state index is -3.77. The Morgan fingerprint density at radius 2 is 1.67 bits per heavy atom. The van der Waals surface area contributed by atoms with Gasteiger partial charge in [0.15, 0.2) is 0 Å². The van der Waals surface area contributed by atoms with Gasteiger partial charge in [-0.2, -0.15) is 0 Å². The number of aliphatic hydroxyl groups excluding tert-OH is 1. The van der Waals surface area contributed by atoms with Crippen molar-refractivity contribution in [3.63, 3.8) is 0 Å². The second-order valence-corrected chi connectivity index (χ2v) is 8.81. The Bertz CT molecular complexity index is 664. The molecule has 0 heterocycles. The summed E-state index contributed by atoms with van der Waals surface area (Å²) in [6.07, 6.45) is -0.681. The average Bonchev–Trinajstić information content (AvgIpc) is 2.38. The van der Waals surface area contributed by atoms with Gasteiger partial charge < -0.3 is 5.11 Å². The minimum Gasteiger partial charge on any atom is -0.389 e. The van der Waals surface area contributed by atoms with Crippen molar-refractivity contribution in [3.8, 4) is 0 Å². The monoisotopic (exact) mass is 336 g/mol. The molecule has 1 rings (SSSR count). The largest absolute Gasteiger partial charge is 0.389 e. The van der Waals surface area contributed by atoms with Crippen LogP contribution in [0.4, 0.5) is 0 Å². The lowest BCUT2D eigenvalue weighted by molar-refractivity contribution is 0.199. The van der Waals surface area contributed by atoms with Gasteiger partial charge in [0.25, 0.3) is 0 Å². The average molecular weight is 336 g/mol. The summed E-state index contributed by atoms with van der Waals surface area (Å²) in [5.74, 6) is -0.314. The zero-order valence-electron chi connectivity index (χ0n) is 12.1. The molecule has 0 saturated heterocycles. The Morgan fingerprint density at radius 1 is 1.14 bits per heavy atom. The fourth-order valence-corrected chi connectivity index (χ4v) is 3.38. The van der Waals surface area contributed by atoms with E-state index in [1.165, 1.54) is 38.4 Å². The highest BCUT2D eigenvalue weighted by Gasteiger charge is 2.18. The van der Waals surface area contributed by atoms with Gasteiger partial charge in [-0.15, -0.1) is 0 Å². The van der Waals surface area contributed by atoms with Crippen molar-refractivity contribution in [2.75, 3.05) is 26.4 Å². The SMILES string of the molecule is CC(O)c1ccc(S(=O)(=O)NCCS(=O)(=O)N(C)C)cc1. The van der Waals surface area contributed by atoms with Gasteiger partial charge in [-0.1, -0.05) is 12.1 Å². The molecule has 1 aromatic rings. The highest BCUT2D eigenvalue weighted by molar-refractivity contribution is 7.90. The van der Waals surface area contributed by atoms with Crippen LogP contribution in [0, 0.1) is 0 Å². The fourth-order valence-electron chi connectivity index (χ4n) is 1.50. The standard InChI is InChI=1S/C12H20N2O5S2/c1-10(15)11-4-6-12(7-5-11)21(18,19)13-8-9-20(16,17)14(2)3/h4-7,10,13,15H,8-9H2,1-3H3. The molecule has 0 bridgehead atoms. The molecule has 0 aromatic heterocycles. The summed E-state index contributed by atoms with van der Waals surface area (Å²) in [5.41, 5.74) is 0.601. The fraction of sp³-hybridized carbons (Fsp3) is 0.500. The molecule has 0 aliphatic heterocycles. The molecule has 1 aromatic carbocycles. The highest BCUT2D eigenvalue weighted by atomic mass is 32.2. The van der Waals surface area contributed by atoms with Crippen LogP contribution in [0.5, 0.6) is 0 Å². The lowest BCUT2D eigenvalue weighted by Gasteiger charge is -2.12. The van der Waals surface area contributed by atoms with Crippen molar-refractivity contribution in [2.24, 2.45) is 0 Å². The quantitative estimate of drug-likeness (QED) is 0.724. The van der Waals surface area contributed by atoms with Crippen LogP contribution in [-0.2, 0) is 20.0 Å². The summed E-state index contributed by atoms with van der Waals surface area (Å²) in [5, 5.41) is 9.36. The molecule has 120 valence electrons. The van der Waals surface area contributed by atoms with Crippen LogP contribution in [0.15, 0.2) is 29.2 Å². The Kier molecular flexibility index (Phi) is 5.88. The van der Waals surface area contributed by atoms with Crippen molar-refractivity contribution < 1.29 is 21.9 Å². The van der Waals surface area contributed by atoms with E-state index in [9.17, 15) is 21.9 Å². The van der Waals surface area contributed by atoms with Gasteiger partial charge in [-0.3, -0.25) is 0 Å². The summed E-state index contributed by atoms with van der Waals surface area (Å²) in [4.78, 5) is 0.0224. The molecule has 0 radical (unpaired) electrons. The molecule has 0 saturated carbocycles. The zero-order valence-corrected chi connectivity index (χ0v) is 13.8. The van der Waals surface area contributed by atoms with E-state index in [2.05, 4.69) is 4.72 Å². The molecule has 0 amide bonds. The number of benzene rings is 1. The van der Waals surface area contributed by atoms with Crippen LogP contribution in [0.1, 0.15) is 18.6 Å². The predicted octanol–water partition coefficient (Wildman–Crippen LogP) is -0.0904. The Morgan fingerprint density at radius 3 is 2.10 bits per heavy atom. The van der Waals surface area contributed by atoms with E-state index < -0.39 is 26.2 Å². The minimum absolute atomic E-state index is 0.0224. The highest BCUT2D eigenvalue weighted by Crippen LogP contribution is 2.15. The molecule has 0 spiro atoms. The van der Waals surface area contributed by atoms with Crippen molar-refractivity contribution in [1.29, 1.82) is 0 Å². The van der Waals surface area contributed by atoms with Crippen LogP contribution in [0.2, 0.25) is 0 Å². The van der Waals surface area contributed by atoms with Crippen LogP contribution < -0.4 is 4.72 Å². The lowest BCUT2D eigenvalue weighted by atomic mass is 10.1. The Hall–Kier alpha value is -1.00. The van der Waals surface area contributed by atoms with Gasteiger partial charge in [0, 0.05) is 20.6 Å². The summed E-state index contributed by atoms with van der Waals surface area (Å²) in [6, 6.07) is 5.75. The van der Waals surface area contributed by atoms with Crippen LogP contribution in [0.3, 0.4) is 0 Å². The van der Waals surface area contributed by atoms with Gasteiger partial charge in [-0.05, 0) is 24.6 Å². The first-order valence-corrected chi connectivity index (χ1v) is 9.33. The zero-order chi connectivity index (χ0) is 16.3. The molecular weight excluding hydrogens is 316 g/mol. The molecule has 1 atom stereocenters. The summed E-state index contributed by atoms with van der Waals surface area (Å²) >= 11 is 0. The van der Waals surface area contributed by atoms with Crippen molar-refractivity contribution >= 4 is 20.0 Å². The van der Waals surface area contributed by atoms with Gasteiger partial charge in [0.1, 0.15) is 0 Å². The topological polar surface area (TPSA) is 104 Å². The second-order valence-electron chi connectivity index (χ2n) is 4.74. The van der Waals surface area contributed by atoms with Crippen molar-refractivity contribution in [3.05, 3.63) is 29.8 Å². The summed E-state index contributed by atoms with van der Waals surface area (Å²) in [7, 11) is -4.44. The molecule has 2 N–H and O–H groups in total. The van der Waals surface area contributed by atoms with Crippen LogP contribution >= 0.6 is 0 Å². The van der Waals surface area contributed by atoms with E-state index >= 15 is 0 Å². The number of rotatable bonds is 7. The van der Waals surface area contributed by atoms with Gasteiger partial charge in [0.05, 0.1) is 16.8 Å². The Labute approximate surface area is 125 Å². The maximum absolute atomic E-state index is 12.0. The van der Waals surface area contributed by atoms with E-state index in [1.807, 2.05) is 0 Å². The van der Waals surface area contributed by atoms with E-state index in [0.29, 0.717) is 5.56 Å². The molecule has 0 aliphatic carbocycles. The Balaban J connectivity index is 2.74. The molecule has 7 nitrogen and oxygen atoms in total. The molecule has 1 unspecified atom stereocenters. The maximum atomic E-state index is 12.0. The molecule has 0 aliphatic rings. The van der Waals surface area contributed by atoms with E-state index in [4.69, 9.17) is 0 Å². The van der Waals surface area contributed by atoms with Crippen LogP contribution in [-0.4, -0.2) is 52.6 Å². The number of aliphatic hydroxyl groups is 1. The van der Waals surface area contributed by atoms with E-state index in [-0.39, 0.29) is 17.2 Å². The normalized spacial score (nSPS) is 14.3. The molecule has 9 heteroatoms. The van der Waals surface area contributed by atoms with Gasteiger partial charge >= 0.3 is 0 Å². The maximum Gasteiger partial charge on any atom is 0.240 e. The lowest BCUT2D eigenvalue weighted by Crippen LogP contribution is -2.33. The number of nitrogens with zero attached hydrogens (tertiary/aromatic N) is 1. The number of hydrogen-bond acceptors (Lipinski definition) is 5. The third kappa shape index (κ3) is 5.04. The first-order chi connectivity index (χ1) is 9.56. The van der Waals surface area contributed by atoms with Gasteiger partial charge in [0.2, 0.25) is 20.0 Å². The number of hydrogen-bond donors (Lipinski definition) is 2. The van der Waals surface area contributed by atoms with E-state index in [1.54, 1.807) is 6.92 Å². The van der Waals surface area contributed by atoms with Gasteiger partial charge in [-0.25, -0.2) is 25.9 Å². The molecular formula is C12H20N2O5S2. The van der Waals surface area contributed by atoms with Crippen molar-refractivity contribution in [1.82, 2.24) is 9.03 Å². The summed E-state index contributed by atoms with van der Waals surface area (Å²) in [6.45, 7) is 1.37. The first kappa shape index (κ1) is 18.1.